The van der Waals surface area contributed by atoms with Crippen LogP contribution in [0, 0.1) is 0 Å². The van der Waals surface area contributed by atoms with Crippen molar-refractivity contribution in [1.82, 2.24) is 9.29 Å². The molecule has 0 saturated carbocycles. The lowest BCUT2D eigenvalue weighted by Crippen LogP contribution is -2.29. The van der Waals surface area contributed by atoms with Crippen LogP contribution in [-0.4, -0.2) is 28.3 Å². The number of carbonyl (C=O) groups excluding carboxylic acids is 1. The molecule has 1 aliphatic heterocycles. The van der Waals surface area contributed by atoms with Crippen molar-refractivity contribution >= 4 is 29.4 Å². The minimum absolute atomic E-state index is 0.0396. The van der Waals surface area contributed by atoms with E-state index in [-0.39, 0.29) is 12.0 Å². The third-order valence-electron chi connectivity index (χ3n) is 3.37. The fourth-order valence-electron chi connectivity index (χ4n) is 2.41. The number of benzene rings is 1. The highest BCUT2D eigenvalue weighted by atomic mass is 32.2. The van der Waals surface area contributed by atoms with E-state index in [0.29, 0.717) is 17.3 Å². The maximum Gasteiger partial charge on any atom is 0.277 e. The lowest BCUT2D eigenvalue weighted by atomic mass is 10.1. The van der Waals surface area contributed by atoms with Crippen LogP contribution in [0.3, 0.4) is 0 Å². The summed E-state index contributed by atoms with van der Waals surface area (Å²) >= 11 is 1.50. The Bertz CT molecular complexity index is 775. The number of fused-ring (bicyclic) bond motifs is 1. The van der Waals surface area contributed by atoms with E-state index >= 15 is 0 Å². The van der Waals surface area contributed by atoms with Gasteiger partial charge < -0.3 is 14.4 Å². The van der Waals surface area contributed by atoms with E-state index < -0.39 is 0 Å². The second-order valence-electron chi connectivity index (χ2n) is 5.60. The van der Waals surface area contributed by atoms with Gasteiger partial charge in [-0.05, 0) is 50.1 Å². The van der Waals surface area contributed by atoms with Crippen LogP contribution in [0.1, 0.15) is 19.4 Å². The molecule has 0 atom stereocenters. The summed E-state index contributed by atoms with van der Waals surface area (Å²) in [6.45, 7) is 3.90. The molecule has 1 aromatic heterocycles. The van der Waals surface area contributed by atoms with Crippen LogP contribution < -0.4 is 5.32 Å². The van der Waals surface area contributed by atoms with Crippen molar-refractivity contribution in [3.63, 3.8) is 0 Å². The lowest BCUT2D eigenvalue weighted by Gasteiger charge is -2.30. The van der Waals surface area contributed by atoms with Gasteiger partial charge in [0.25, 0.3) is 5.91 Å². The zero-order valence-corrected chi connectivity index (χ0v) is 14.6. The molecule has 1 aliphatic rings. The number of nitrogens with zero attached hydrogens (tertiary/aromatic N) is 2. The van der Waals surface area contributed by atoms with Crippen LogP contribution >= 0.6 is 11.9 Å². The molecule has 0 radical (unpaired) electrons. The summed E-state index contributed by atoms with van der Waals surface area (Å²) in [5.74, 6) is 0.861. The Labute approximate surface area is 145 Å². The van der Waals surface area contributed by atoms with Gasteiger partial charge in [0.1, 0.15) is 5.82 Å². The Morgan fingerprint density at radius 1 is 1.21 bits per heavy atom. The number of amides is 1. The normalized spacial score (nSPS) is 13.8. The summed E-state index contributed by atoms with van der Waals surface area (Å²) in [4.78, 5) is 18.0. The molecular weight excluding hydrogens is 322 g/mol. The second-order valence-corrected chi connectivity index (χ2v) is 6.77. The Balaban J connectivity index is 2.02. The SMILES string of the molecule is CC(C)OC1=C(C(=O)Nc2ccccn2)N(C)Sc2ccccc21. The van der Waals surface area contributed by atoms with E-state index in [1.165, 1.54) is 11.9 Å². The summed E-state index contributed by atoms with van der Waals surface area (Å²) in [5.41, 5.74) is 1.42. The van der Waals surface area contributed by atoms with E-state index in [2.05, 4.69) is 10.3 Å². The molecule has 2 heterocycles. The molecule has 1 aromatic carbocycles. The molecule has 5 nitrogen and oxygen atoms in total. The van der Waals surface area contributed by atoms with Crippen LogP contribution in [-0.2, 0) is 9.53 Å². The van der Waals surface area contributed by atoms with Gasteiger partial charge in [0.2, 0.25) is 0 Å². The van der Waals surface area contributed by atoms with E-state index in [0.717, 1.165) is 10.5 Å². The standard InChI is InChI=1S/C18H19N3O2S/c1-12(2)23-17-13-8-4-5-9-14(13)24-21(3)16(17)18(22)20-15-10-6-7-11-19-15/h4-12H,1-3H3,(H,19,20,22). The molecule has 0 aliphatic carbocycles. The van der Waals surface area contributed by atoms with Gasteiger partial charge in [-0.15, -0.1) is 0 Å². The van der Waals surface area contributed by atoms with E-state index in [1.807, 2.05) is 55.5 Å². The molecule has 24 heavy (non-hydrogen) atoms. The highest BCUT2D eigenvalue weighted by Gasteiger charge is 2.30. The van der Waals surface area contributed by atoms with Crippen molar-refractivity contribution in [2.24, 2.45) is 0 Å². The number of hydrogen-bond donors (Lipinski definition) is 1. The molecule has 124 valence electrons. The first-order valence-electron chi connectivity index (χ1n) is 7.70. The zero-order chi connectivity index (χ0) is 17.1. The lowest BCUT2D eigenvalue weighted by molar-refractivity contribution is -0.113. The van der Waals surface area contributed by atoms with Gasteiger partial charge in [0, 0.05) is 23.7 Å². The number of likely N-dealkylation sites (N-methyl/N-ethyl adjacent to an activating group) is 1. The number of aromatic nitrogens is 1. The highest BCUT2D eigenvalue weighted by Crippen LogP contribution is 2.40. The van der Waals surface area contributed by atoms with Crippen LogP contribution in [0.2, 0.25) is 0 Å². The third kappa shape index (κ3) is 3.38. The molecule has 3 rings (SSSR count). The number of pyridine rings is 1. The van der Waals surface area contributed by atoms with Crippen molar-refractivity contribution in [2.45, 2.75) is 24.8 Å². The summed E-state index contributed by atoms with van der Waals surface area (Å²) in [5, 5.41) is 2.83. The summed E-state index contributed by atoms with van der Waals surface area (Å²) in [7, 11) is 1.86. The smallest absolute Gasteiger partial charge is 0.277 e. The Morgan fingerprint density at radius 2 is 1.96 bits per heavy atom. The number of carbonyl (C=O) groups is 1. The number of hydrogen-bond acceptors (Lipinski definition) is 5. The molecule has 1 N–H and O–H groups in total. The van der Waals surface area contributed by atoms with Gasteiger partial charge in [-0.2, -0.15) is 0 Å². The monoisotopic (exact) mass is 341 g/mol. The van der Waals surface area contributed by atoms with Gasteiger partial charge in [0.15, 0.2) is 11.5 Å². The molecule has 0 unspecified atom stereocenters. The summed E-state index contributed by atoms with van der Waals surface area (Å²) in [6.07, 6.45) is 1.60. The quantitative estimate of drug-likeness (QED) is 0.858. The fraction of sp³-hybridized carbons (Fsp3) is 0.222. The van der Waals surface area contributed by atoms with Crippen molar-refractivity contribution in [3.05, 3.63) is 59.9 Å². The molecule has 2 aromatic rings. The largest absolute Gasteiger partial charge is 0.488 e. The van der Waals surface area contributed by atoms with Gasteiger partial charge in [-0.1, -0.05) is 18.2 Å². The number of nitrogens with one attached hydrogen (secondary N) is 1. The van der Waals surface area contributed by atoms with E-state index in [4.69, 9.17) is 4.74 Å². The molecule has 0 fully saturated rings. The van der Waals surface area contributed by atoms with E-state index in [9.17, 15) is 4.79 Å². The van der Waals surface area contributed by atoms with Crippen molar-refractivity contribution in [2.75, 3.05) is 12.4 Å². The first kappa shape index (κ1) is 16.4. The minimum atomic E-state index is -0.242. The van der Waals surface area contributed by atoms with Gasteiger partial charge in [-0.25, -0.2) is 4.98 Å². The Hall–Kier alpha value is -2.47. The Morgan fingerprint density at radius 3 is 2.67 bits per heavy atom. The van der Waals surface area contributed by atoms with Crippen LogP contribution in [0.5, 0.6) is 0 Å². The topological polar surface area (TPSA) is 54.5 Å². The second kappa shape index (κ2) is 6.97. The van der Waals surface area contributed by atoms with Crippen LogP contribution in [0.4, 0.5) is 5.82 Å². The van der Waals surface area contributed by atoms with Gasteiger partial charge >= 0.3 is 0 Å². The number of rotatable bonds is 4. The maximum atomic E-state index is 12.8. The molecule has 0 saturated heterocycles. The average molecular weight is 341 g/mol. The van der Waals surface area contributed by atoms with Crippen molar-refractivity contribution in [3.8, 4) is 0 Å². The highest BCUT2D eigenvalue weighted by molar-refractivity contribution is 7.97. The van der Waals surface area contributed by atoms with Crippen LogP contribution in [0.15, 0.2) is 59.3 Å². The molecule has 1 amide bonds. The van der Waals surface area contributed by atoms with Gasteiger partial charge in [0.05, 0.1) is 6.10 Å². The summed E-state index contributed by atoms with van der Waals surface area (Å²) < 4.78 is 7.83. The van der Waals surface area contributed by atoms with Crippen molar-refractivity contribution in [1.29, 1.82) is 0 Å². The predicted molar refractivity (Wildman–Crippen MR) is 96.1 cm³/mol. The van der Waals surface area contributed by atoms with Gasteiger partial charge in [-0.3, -0.25) is 4.79 Å². The molecule has 6 heteroatoms. The predicted octanol–water partition coefficient (Wildman–Crippen LogP) is 3.77. The Kier molecular flexibility index (Phi) is 4.76. The fourth-order valence-corrected chi connectivity index (χ4v) is 3.36. The first-order chi connectivity index (χ1) is 11.6. The number of anilines is 1. The maximum absolute atomic E-state index is 12.8. The van der Waals surface area contributed by atoms with Crippen molar-refractivity contribution < 1.29 is 9.53 Å². The van der Waals surface area contributed by atoms with Crippen LogP contribution in [0.25, 0.3) is 5.76 Å². The first-order valence-corrected chi connectivity index (χ1v) is 8.48. The molecule has 0 bridgehead atoms. The summed E-state index contributed by atoms with van der Waals surface area (Å²) in [6, 6.07) is 13.3. The van der Waals surface area contributed by atoms with E-state index in [1.54, 1.807) is 18.3 Å². The third-order valence-corrected chi connectivity index (χ3v) is 4.38. The minimum Gasteiger partial charge on any atom is -0.488 e. The average Bonchev–Trinajstić information content (AvgIpc) is 2.55. The molecule has 0 spiro atoms. The number of ether oxygens (including phenoxy) is 1. The molecular formula is C18H19N3O2S. The zero-order valence-electron chi connectivity index (χ0n) is 13.8.